The highest BCUT2D eigenvalue weighted by atomic mass is 32.2. The lowest BCUT2D eigenvalue weighted by Gasteiger charge is -2.30. The van der Waals surface area contributed by atoms with Gasteiger partial charge in [-0.15, -0.1) is 11.3 Å². The summed E-state index contributed by atoms with van der Waals surface area (Å²) in [7, 11) is 0.113. The summed E-state index contributed by atoms with van der Waals surface area (Å²) in [6, 6.07) is 9.66. The van der Waals surface area contributed by atoms with Crippen LogP contribution in [-0.2, 0) is 24.6 Å². The molecular formula is C44H53FN6O7S2. The summed E-state index contributed by atoms with van der Waals surface area (Å²) in [4.78, 5) is 54.9. The summed E-state index contributed by atoms with van der Waals surface area (Å²) < 4.78 is 55.2. The normalized spacial score (nSPS) is 24.4. The molecule has 2 aromatic carbocycles. The van der Waals surface area contributed by atoms with Gasteiger partial charge in [-0.2, -0.15) is 12.7 Å². The maximum Gasteiger partial charge on any atom is 0.303 e. The van der Waals surface area contributed by atoms with E-state index in [-0.39, 0.29) is 42.9 Å². The van der Waals surface area contributed by atoms with Crippen LogP contribution < -0.4 is 19.5 Å². The number of nitrogens with zero attached hydrogens (tertiary/aromatic N) is 4. The third-order valence-electron chi connectivity index (χ3n) is 11.9. The summed E-state index contributed by atoms with van der Waals surface area (Å²) in [5.41, 5.74) is 2.30. The van der Waals surface area contributed by atoms with E-state index in [1.807, 2.05) is 42.7 Å². The SMILES string of the molecule is COc1ccc2c(O[C@@H]3C[C@H]4C(=O)C[C@]5(C(=O)NS(=O)(=O)N(C)C)C[C@@H]5/C=C\CCCCC[C@H](Nc5ccc(F)cc5)C(=O)N4C3)cc(-c3nc(C(C)C)cs3)nc2c1C. The van der Waals surface area contributed by atoms with Crippen molar-refractivity contribution in [2.45, 2.75) is 96.2 Å². The van der Waals surface area contributed by atoms with Gasteiger partial charge < -0.3 is 19.7 Å². The second-order valence-corrected chi connectivity index (χ2v) is 19.3. The molecule has 5 atom stereocenters. The average Bonchev–Trinajstić information content (AvgIpc) is 3.49. The van der Waals surface area contributed by atoms with Crippen LogP contribution in [0.3, 0.4) is 0 Å². The van der Waals surface area contributed by atoms with E-state index in [1.165, 1.54) is 37.6 Å². The van der Waals surface area contributed by atoms with Crippen LogP contribution in [-0.4, -0.2) is 91.1 Å². The molecule has 0 bridgehead atoms. The van der Waals surface area contributed by atoms with E-state index in [0.29, 0.717) is 47.7 Å². The number of anilines is 1. The molecule has 4 heterocycles. The minimum Gasteiger partial charge on any atom is -0.496 e. The number of aromatic nitrogens is 2. The van der Waals surface area contributed by atoms with E-state index in [2.05, 4.69) is 23.9 Å². The Morgan fingerprint density at radius 2 is 1.83 bits per heavy atom. The molecule has 16 heteroatoms. The maximum atomic E-state index is 14.8. The third-order valence-corrected chi connectivity index (χ3v) is 14.2. The number of aryl methyl sites for hydroxylation is 1. The fourth-order valence-electron chi connectivity index (χ4n) is 8.21. The van der Waals surface area contributed by atoms with Crippen LogP contribution in [0.25, 0.3) is 21.6 Å². The highest BCUT2D eigenvalue weighted by Gasteiger charge is 2.61. The number of carbonyl (C=O) groups excluding carboxylic acids is 3. The fraction of sp³-hybridized carbons (Fsp3) is 0.477. The van der Waals surface area contributed by atoms with Gasteiger partial charge in [-0.1, -0.05) is 38.8 Å². The molecule has 320 valence electrons. The molecule has 0 radical (unpaired) electrons. The molecule has 2 aliphatic heterocycles. The second-order valence-electron chi connectivity index (χ2n) is 16.6. The summed E-state index contributed by atoms with van der Waals surface area (Å²) in [6.45, 7) is 6.15. The summed E-state index contributed by atoms with van der Waals surface area (Å²) in [6.07, 6.45) is 7.00. The Labute approximate surface area is 354 Å². The average molecular weight is 861 g/mol. The Morgan fingerprint density at radius 3 is 2.53 bits per heavy atom. The maximum absolute atomic E-state index is 14.8. The number of methoxy groups -OCH3 is 1. The topological polar surface area (TPSA) is 160 Å². The minimum absolute atomic E-state index is 0.0669. The number of benzene rings is 2. The standard InChI is InChI=1S/C44H53FN6O7S2/c1-26(2)35-25-59-41(48-35)34-21-39(32-18-19-38(57-6)27(3)40(32)47-34)58-31-20-36-37(52)23-44(43(54)49-60(55,56)50(4)5)22-28(44)12-10-8-7-9-11-13-33(42(53)51(36)24-31)46-30-16-14-29(45)15-17-30/h10,12,14-19,21,25-26,28,31,33,36,46H,7-9,11,13,20,22-24H2,1-6H3,(H,49,54)/b12-10-/t28-,31+,33-,36-,44+/m0/s1. The zero-order valence-corrected chi connectivity index (χ0v) is 36.5. The van der Waals surface area contributed by atoms with Crippen molar-refractivity contribution in [1.29, 1.82) is 0 Å². The van der Waals surface area contributed by atoms with Gasteiger partial charge in [0.05, 0.1) is 36.3 Å². The van der Waals surface area contributed by atoms with Gasteiger partial charge in [0.1, 0.15) is 40.2 Å². The molecular weight excluding hydrogens is 808 g/mol. The van der Waals surface area contributed by atoms with E-state index in [1.54, 1.807) is 24.1 Å². The fourth-order valence-corrected chi connectivity index (χ4v) is 9.77. The number of allylic oxidation sites excluding steroid dienone is 2. The van der Waals surface area contributed by atoms with Crippen molar-refractivity contribution in [3.63, 3.8) is 0 Å². The lowest BCUT2D eigenvalue weighted by atomic mass is 9.91. The van der Waals surface area contributed by atoms with Crippen molar-refractivity contribution in [1.82, 2.24) is 23.9 Å². The quantitative estimate of drug-likeness (QED) is 0.157. The minimum atomic E-state index is -4.14. The van der Waals surface area contributed by atoms with E-state index < -0.39 is 45.5 Å². The molecule has 2 N–H and O–H groups in total. The van der Waals surface area contributed by atoms with Crippen molar-refractivity contribution in [3.05, 3.63) is 77.1 Å². The smallest absolute Gasteiger partial charge is 0.303 e. The van der Waals surface area contributed by atoms with Gasteiger partial charge in [0.25, 0.3) is 0 Å². The van der Waals surface area contributed by atoms with E-state index >= 15 is 0 Å². The summed E-state index contributed by atoms with van der Waals surface area (Å²) in [5.74, 6) is -0.785. The first-order valence-corrected chi connectivity index (χ1v) is 22.8. The number of carbonyl (C=O) groups is 3. The Kier molecular flexibility index (Phi) is 12.6. The number of nitrogens with one attached hydrogen (secondary N) is 2. The van der Waals surface area contributed by atoms with E-state index in [0.717, 1.165) is 45.2 Å². The molecule has 60 heavy (non-hydrogen) atoms. The second kappa shape index (κ2) is 17.6. The highest BCUT2D eigenvalue weighted by Crippen LogP contribution is 2.57. The van der Waals surface area contributed by atoms with Crippen LogP contribution in [0.2, 0.25) is 0 Å². The zero-order valence-electron chi connectivity index (χ0n) is 34.9. The molecule has 13 nitrogen and oxygen atoms in total. The molecule has 1 saturated heterocycles. The molecule has 0 unspecified atom stereocenters. The van der Waals surface area contributed by atoms with Crippen LogP contribution in [0.5, 0.6) is 11.5 Å². The van der Waals surface area contributed by atoms with Gasteiger partial charge in [-0.25, -0.2) is 19.1 Å². The molecule has 2 aromatic heterocycles. The number of hydrogen-bond donors (Lipinski definition) is 2. The van der Waals surface area contributed by atoms with Gasteiger partial charge in [-0.3, -0.25) is 14.4 Å². The van der Waals surface area contributed by atoms with E-state index in [4.69, 9.17) is 19.4 Å². The van der Waals surface area contributed by atoms with Gasteiger partial charge >= 0.3 is 10.2 Å². The largest absolute Gasteiger partial charge is 0.496 e. The molecule has 3 aliphatic rings. The Hall–Kier alpha value is -4.93. The number of ether oxygens (including phenoxy) is 2. The number of Topliss-reactive ketones (excluding diaryl/α,β-unsaturated/α-hetero) is 1. The summed E-state index contributed by atoms with van der Waals surface area (Å²) in [5, 5.41) is 6.78. The Bertz CT molecular complexity index is 2400. The molecule has 7 rings (SSSR count). The van der Waals surface area contributed by atoms with Crippen LogP contribution >= 0.6 is 11.3 Å². The molecule has 4 aromatic rings. The number of ketones is 1. The number of amides is 2. The predicted molar refractivity (Wildman–Crippen MR) is 230 cm³/mol. The lowest BCUT2D eigenvalue weighted by Crippen LogP contribution is -2.49. The van der Waals surface area contributed by atoms with Gasteiger partial charge in [0.2, 0.25) is 11.8 Å². The van der Waals surface area contributed by atoms with E-state index in [9.17, 15) is 27.2 Å². The number of pyridine rings is 1. The number of rotatable bonds is 10. The lowest BCUT2D eigenvalue weighted by molar-refractivity contribution is -0.139. The molecule has 2 amide bonds. The van der Waals surface area contributed by atoms with Crippen molar-refractivity contribution in [2.24, 2.45) is 11.3 Å². The number of hydrogen-bond acceptors (Lipinski definition) is 11. The number of fused-ring (bicyclic) bond motifs is 3. The first-order valence-electron chi connectivity index (χ1n) is 20.5. The van der Waals surface area contributed by atoms with Crippen LogP contribution in [0.4, 0.5) is 10.1 Å². The molecule has 1 aliphatic carbocycles. The van der Waals surface area contributed by atoms with Gasteiger partial charge in [-0.05, 0) is 80.8 Å². The zero-order chi connectivity index (χ0) is 42.9. The van der Waals surface area contributed by atoms with Crippen molar-refractivity contribution in [2.75, 3.05) is 33.1 Å². The third kappa shape index (κ3) is 9.05. The Morgan fingerprint density at radius 1 is 1.07 bits per heavy atom. The van der Waals surface area contributed by atoms with Crippen LogP contribution in [0.15, 0.2) is 60.0 Å². The first-order chi connectivity index (χ1) is 28.6. The highest BCUT2D eigenvalue weighted by molar-refractivity contribution is 7.87. The van der Waals surface area contributed by atoms with Crippen molar-refractivity contribution in [3.8, 4) is 22.2 Å². The first kappa shape index (κ1) is 43.2. The van der Waals surface area contributed by atoms with Gasteiger partial charge in [0.15, 0.2) is 5.78 Å². The van der Waals surface area contributed by atoms with Crippen molar-refractivity contribution >= 4 is 55.7 Å². The molecule has 2 fully saturated rings. The van der Waals surface area contributed by atoms with Gasteiger partial charge in [0, 0.05) is 55.0 Å². The summed E-state index contributed by atoms with van der Waals surface area (Å²) >= 11 is 1.49. The number of halogens is 1. The molecule has 1 saturated carbocycles. The van der Waals surface area contributed by atoms with Crippen molar-refractivity contribution < 1.29 is 36.7 Å². The van der Waals surface area contributed by atoms with Crippen LogP contribution in [0, 0.1) is 24.1 Å². The number of thiazole rings is 1. The van der Waals surface area contributed by atoms with Crippen LogP contribution in [0.1, 0.15) is 82.4 Å². The molecule has 0 spiro atoms. The predicted octanol–water partition coefficient (Wildman–Crippen LogP) is 7.18. The monoisotopic (exact) mass is 860 g/mol. The Balaban J connectivity index is 1.26.